The highest BCUT2D eigenvalue weighted by Crippen LogP contribution is 2.24. The molecule has 1 aromatic heterocycles. The summed E-state index contributed by atoms with van der Waals surface area (Å²) >= 11 is 1.49. The number of aromatic nitrogens is 2. The summed E-state index contributed by atoms with van der Waals surface area (Å²) in [5, 5.41) is 0.717. The van der Waals surface area contributed by atoms with Crippen LogP contribution in [0.15, 0.2) is 65.8 Å². The first kappa shape index (κ1) is 21.7. The molecule has 6 heteroatoms. The van der Waals surface area contributed by atoms with Crippen LogP contribution in [0.3, 0.4) is 0 Å². The number of thioether (sulfide) groups is 1. The largest absolute Gasteiger partial charge is 0.449 e. The molecule has 2 aromatic carbocycles. The van der Waals surface area contributed by atoms with Crippen LogP contribution in [-0.4, -0.2) is 28.0 Å². The molecule has 0 aliphatic carbocycles. The second-order valence-corrected chi connectivity index (χ2v) is 7.64. The Morgan fingerprint density at radius 3 is 2.07 bits per heavy atom. The van der Waals surface area contributed by atoms with Crippen LogP contribution >= 0.6 is 11.8 Å². The molecule has 3 aromatic rings. The Morgan fingerprint density at radius 2 is 1.50 bits per heavy atom. The molecule has 0 fully saturated rings. The van der Waals surface area contributed by atoms with Gasteiger partial charge in [-0.2, -0.15) is 0 Å². The van der Waals surface area contributed by atoms with Crippen LogP contribution in [0.25, 0.3) is 0 Å². The van der Waals surface area contributed by atoms with E-state index in [1.165, 1.54) is 11.8 Å². The second kappa shape index (κ2) is 10.2. The molecule has 0 spiro atoms. The molecular formula is C24H24N2O3S. The minimum absolute atomic E-state index is 0.148. The lowest BCUT2D eigenvalue weighted by molar-refractivity contribution is -0.147. The Labute approximate surface area is 180 Å². The average Bonchev–Trinajstić information content (AvgIpc) is 2.77. The van der Waals surface area contributed by atoms with Crippen LogP contribution in [0.1, 0.15) is 45.4 Å². The number of ketones is 1. The molecule has 5 nitrogen and oxygen atoms in total. The molecule has 0 amide bonds. The zero-order valence-corrected chi connectivity index (χ0v) is 18.1. The van der Waals surface area contributed by atoms with Crippen LogP contribution in [-0.2, 0) is 16.0 Å². The third-order valence-corrected chi connectivity index (χ3v) is 5.36. The monoisotopic (exact) mass is 420 g/mol. The molecule has 1 heterocycles. The van der Waals surface area contributed by atoms with Crippen LogP contribution in [0, 0.1) is 13.8 Å². The van der Waals surface area contributed by atoms with Gasteiger partial charge in [0.15, 0.2) is 11.3 Å². The lowest BCUT2D eigenvalue weighted by Crippen LogP contribution is -2.20. The first-order valence-electron chi connectivity index (χ1n) is 9.71. The van der Waals surface area contributed by atoms with E-state index in [0.717, 1.165) is 17.0 Å². The Bertz CT molecular complexity index is 1000. The van der Waals surface area contributed by atoms with Crippen molar-refractivity contribution in [1.82, 2.24) is 9.97 Å². The molecule has 0 aliphatic heterocycles. The molecule has 0 N–H and O–H groups in total. The van der Waals surface area contributed by atoms with Crippen molar-refractivity contribution in [2.45, 2.75) is 37.9 Å². The molecule has 0 saturated heterocycles. The minimum atomic E-state index is -0.974. The Hall–Kier alpha value is -2.99. The van der Waals surface area contributed by atoms with E-state index in [1.54, 1.807) is 36.4 Å². The van der Waals surface area contributed by atoms with Crippen molar-refractivity contribution >= 4 is 23.5 Å². The second-order valence-electron chi connectivity index (χ2n) is 6.87. The van der Waals surface area contributed by atoms with E-state index < -0.39 is 12.1 Å². The van der Waals surface area contributed by atoms with Gasteiger partial charge >= 0.3 is 5.97 Å². The lowest BCUT2D eigenvalue weighted by atomic mass is 9.99. The number of benzene rings is 2. The molecule has 30 heavy (non-hydrogen) atoms. The van der Waals surface area contributed by atoms with Gasteiger partial charge in [0.05, 0.1) is 0 Å². The summed E-state index contributed by atoms with van der Waals surface area (Å²) in [4.78, 5) is 34.6. The highest BCUT2D eigenvalue weighted by molar-refractivity contribution is 7.98. The number of hydrogen-bond acceptors (Lipinski definition) is 6. The zero-order valence-electron chi connectivity index (χ0n) is 17.3. The predicted molar refractivity (Wildman–Crippen MR) is 118 cm³/mol. The van der Waals surface area contributed by atoms with Crippen LogP contribution in [0.2, 0.25) is 0 Å². The summed E-state index contributed by atoms with van der Waals surface area (Å²) in [6.45, 7) is 3.83. The number of rotatable bonds is 8. The maximum Gasteiger partial charge on any atom is 0.307 e. The molecule has 1 atom stereocenters. The van der Waals surface area contributed by atoms with Crippen molar-refractivity contribution < 1.29 is 14.3 Å². The van der Waals surface area contributed by atoms with E-state index in [1.807, 2.05) is 44.4 Å². The van der Waals surface area contributed by atoms with Gasteiger partial charge in [0, 0.05) is 28.9 Å². The first-order valence-corrected chi connectivity index (χ1v) is 10.9. The molecule has 0 bridgehead atoms. The Kier molecular flexibility index (Phi) is 7.36. The average molecular weight is 421 g/mol. The Morgan fingerprint density at radius 1 is 0.933 bits per heavy atom. The van der Waals surface area contributed by atoms with E-state index in [-0.39, 0.29) is 12.2 Å². The van der Waals surface area contributed by atoms with E-state index >= 15 is 0 Å². The van der Waals surface area contributed by atoms with E-state index in [2.05, 4.69) is 9.97 Å². The topological polar surface area (TPSA) is 69.2 Å². The van der Waals surface area contributed by atoms with Crippen molar-refractivity contribution in [2.75, 3.05) is 6.26 Å². The van der Waals surface area contributed by atoms with Crippen molar-refractivity contribution in [2.24, 2.45) is 0 Å². The summed E-state index contributed by atoms with van der Waals surface area (Å²) in [7, 11) is 0. The summed E-state index contributed by atoms with van der Waals surface area (Å²) in [6.07, 6.45) is 1.57. The number of carbonyl (C=O) groups excluding carboxylic acids is 2. The number of ether oxygens (including phenoxy) is 1. The lowest BCUT2D eigenvalue weighted by Gasteiger charge is -2.18. The van der Waals surface area contributed by atoms with Gasteiger partial charge in [-0.1, -0.05) is 72.4 Å². The highest BCUT2D eigenvalue weighted by atomic mass is 32.2. The van der Waals surface area contributed by atoms with Crippen molar-refractivity contribution in [3.8, 4) is 0 Å². The Balaban J connectivity index is 1.75. The van der Waals surface area contributed by atoms with Crippen LogP contribution < -0.4 is 0 Å². The number of aryl methyl sites for hydroxylation is 2. The molecular weight excluding hydrogens is 396 g/mol. The number of Topliss-reactive ketones (excluding diaryl/α,β-unsaturated/α-hetero) is 1. The maximum absolute atomic E-state index is 13.0. The van der Waals surface area contributed by atoms with Gasteiger partial charge in [-0.25, -0.2) is 9.97 Å². The van der Waals surface area contributed by atoms with Crippen LogP contribution in [0.4, 0.5) is 0 Å². The maximum atomic E-state index is 13.0. The normalized spacial score (nSPS) is 11.7. The van der Waals surface area contributed by atoms with E-state index in [9.17, 15) is 9.59 Å². The van der Waals surface area contributed by atoms with Gasteiger partial charge in [-0.3, -0.25) is 9.59 Å². The predicted octanol–water partition coefficient (Wildman–Crippen LogP) is 4.92. The molecule has 154 valence electrons. The van der Waals surface area contributed by atoms with Crippen molar-refractivity contribution in [3.05, 3.63) is 88.7 Å². The number of hydrogen-bond donors (Lipinski definition) is 0. The highest BCUT2D eigenvalue weighted by Gasteiger charge is 2.26. The summed E-state index contributed by atoms with van der Waals surface area (Å²) in [5.74, 6) is -0.670. The summed E-state index contributed by atoms with van der Waals surface area (Å²) < 4.78 is 5.67. The SMILES string of the molecule is CSc1nc(C)c(CCC(=O)O[C@@H](C(=O)c2ccccc2)c2ccccc2)c(C)n1. The fraction of sp³-hybridized carbons (Fsp3) is 0.250. The third kappa shape index (κ3) is 5.33. The van der Waals surface area contributed by atoms with Gasteiger partial charge in [-0.15, -0.1) is 0 Å². The van der Waals surface area contributed by atoms with Crippen molar-refractivity contribution in [3.63, 3.8) is 0 Å². The molecule has 0 saturated carbocycles. The summed E-state index contributed by atoms with van der Waals surface area (Å²) in [5.41, 5.74) is 3.82. The molecule has 0 aliphatic rings. The smallest absolute Gasteiger partial charge is 0.307 e. The number of esters is 1. The zero-order chi connectivity index (χ0) is 21.5. The number of carbonyl (C=O) groups is 2. The van der Waals surface area contributed by atoms with Gasteiger partial charge in [0.1, 0.15) is 0 Å². The standard InChI is InChI=1S/C24H24N2O3S/c1-16-20(17(2)26-24(25-16)30-3)14-15-21(27)29-23(19-12-8-5-9-13-19)22(28)18-10-6-4-7-11-18/h4-13,23H,14-15H2,1-3H3/t23-/m1/s1. The molecule has 3 rings (SSSR count). The van der Waals surface area contributed by atoms with Crippen molar-refractivity contribution in [1.29, 1.82) is 0 Å². The molecule has 0 unspecified atom stereocenters. The van der Waals surface area contributed by atoms with Gasteiger partial charge in [0.2, 0.25) is 5.78 Å². The van der Waals surface area contributed by atoms with E-state index in [0.29, 0.717) is 22.7 Å². The van der Waals surface area contributed by atoms with Gasteiger partial charge in [0.25, 0.3) is 0 Å². The fourth-order valence-electron chi connectivity index (χ4n) is 3.23. The van der Waals surface area contributed by atoms with Crippen LogP contribution in [0.5, 0.6) is 0 Å². The number of nitrogens with zero attached hydrogens (tertiary/aromatic N) is 2. The quantitative estimate of drug-likeness (QED) is 0.223. The van der Waals surface area contributed by atoms with Gasteiger partial charge in [-0.05, 0) is 32.1 Å². The fourth-order valence-corrected chi connectivity index (χ4v) is 3.69. The van der Waals surface area contributed by atoms with Gasteiger partial charge < -0.3 is 4.74 Å². The first-order chi connectivity index (χ1) is 14.5. The minimum Gasteiger partial charge on any atom is -0.449 e. The third-order valence-electron chi connectivity index (χ3n) is 4.81. The van der Waals surface area contributed by atoms with E-state index in [4.69, 9.17) is 4.74 Å². The summed E-state index contributed by atoms with van der Waals surface area (Å²) in [6, 6.07) is 18.0. The molecule has 0 radical (unpaired) electrons.